The fourth-order valence-corrected chi connectivity index (χ4v) is 4.14. The van der Waals surface area contributed by atoms with E-state index in [-0.39, 0.29) is 18.3 Å². The van der Waals surface area contributed by atoms with E-state index in [1.54, 1.807) is 36.3 Å². The summed E-state index contributed by atoms with van der Waals surface area (Å²) in [4.78, 5) is 22.0. The molecule has 1 aromatic heterocycles. The van der Waals surface area contributed by atoms with Crippen LogP contribution in [-0.4, -0.2) is 49.1 Å². The van der Waals surface area contributed by atoms with Crippen LogP contribution in [0.25, 0.3) is 10.2 Å². The molecular weight excluding hydrogens is 429 g/mol. The number of benzene rings is 2. The van der Waals surface area contributed by atoms with Gasteiger partial charge in [0.1, 0.15) is 5.75 Å². The van der Waals surface area contributed by atoms with Crippen LogP contribution in [0.1, 0.15) is 24.2 Å². The Morgan fingerprint density at radius 1 is 1.14 bits per heavy atom. The maximum atomic E-state index is 13.3. The lowest BCUT2D eigenvalue weighted by Crippen LogP contribution is -2.38. The third-order valence-corrected chi connectivity index (χ3v) is 5.96. The molecule has 1 amide bonds. The first-order valence-corrected chi connectivity index (χ1v) is 10.5. The molecule has 0 bridgehead atoms. The minimum atomic E-state index is -0.0966. The van der Waals surface area contributed by atoms with Crippen molar-refractivity contribution in [2.45, 2.75) is 13.8 Å². The van der Waals surface area contributed by atoms with E-state index in [0.717, 1.165) is 35.6 Å². The van der Waals surface area contributed by atoms with Gasteiger partial charge in [0.25, 0.3) is 5.91 Å². The number of fused-ring (bicyclic) bond motifs is 1. The van der Waals surface area contributed by atoms with Crippen LogP contribution in [0, 0.1) is 0 Å². The molecule has 0 saturated carbocycles. The van der Waals surface area contributed by atoms with Gasteiger partial charge in [0.15, 0.2) is 5.13 Å². The van der Waals surface area contributed by atoms with Gasteiger partial charge in [-0.1, -0.05) is 42.9 Å². The summed E-state index contributed by atoms with van der Waals surface area (Å²) in [6.45, 7) is 7.45. The molecule has 29 heavy (non-hydrogen) atoms. The molecule has 0 aliphatic heterocycles. The number of aromatic nitrogens is 1. The Bertz CT molecular complexity index is 960. The van der Waals surface area contributed by atoms with Crippen LogP contribution in [0.3, 0.4) is 0 Å². The molecule has 1 heterocycles. The second kappa shape index (κ2) is 10.8. The van der Waals surface area contributed by atoms with Crippen LogP contribution >= 0.6 is 35.3 Å². The molecule has 0 fully saturated rings. The first-order chi connectivity index (χ1) is 13.5. The number of nitrogens with zero attached hydrogens (tertiary/aromatic N) is 3. The Labute approximate surface area is 186 Å². The molecule has 0 atom stereocenters. The number of thiazole rings is 1. The Morgan fingerprint density at radius 3 is 2.55 bits per heavy atom. The molecule has 3 aromatic rings. The molecule has 3 rings (SSSR count). The van der Waals surface area contributed by atoms with Gasteiger partial charge in [0.05, 0.1) is 17.3 Å². The quantitative estimate of drug-likeness (QED) is 0.459. The molecule has 0 radical (unpaired) electrons. The number of likely N-dealkylation sites (N-methyl/N-ethyl adjacent to an activating group) is 1. The Morgan fingerprint density at radius 2 is 1.90 bits per heavy atom. The minimum absolute atomic E-state index is 0. The van der Waals surface area contributed by atoms with Crippen molar-refractivity contribution in [2.24, 2.45) is 0 Å². The zero-order valence-electron chi connectivity index (χ0n) is 16.7. The summed E-state index contributed by atoms with van der Waals surface area (Å²) in [5.41, 5.74) is 1.38. The Balaban J connectivity index is 0.00000300. The summed E-state index contributed by atoms with van der Waals surface area (Å²) in [6, 6.07) is 12.8. The highest BCUT2D eigenvalue weighted by molar-refractivity contribution is 7.22. The lowest BCUT2D eigenvalue weighted by molar-refractivity contribution is 0.0984. The van der Waals surface area contributed by atoms with Gasteiger partial charge in [-0.25, -0.2) is 4.98 Å². The number of amides is 1. The monoisotopic (exact) mass is 453 g/mol. The molecular formula is C21H25Cl2N3O2S. The maximum Gasteiger partial charge on any atom is 0.260 e. The first-order valence-electron chi connectivity index (χ1n) is 9.30. The fourth-order valence-electron chi connectivity index (χ4n) is 2.98. The molecule has 156 valence electrons. The van der Waals surface area contributed by atoms with Crippen molar-refractivity contribution in [1.29, 1.82) is 0 Å². The van der Waals surface area contributed by atoms with Gasteiger partial charge in [-0.3, -0.25) is 9.69 Å². The number of anilines is 1. The van der Waals surface area contributed by atoms with Gasteiger partial charge >= 0.3 is 0 Å². The molecule has 0 spiro atoms. The number of methoxy groups -OCH3 is 1. The number of carbonyl (C=O) groups excluding carboxylic acids is 1. The molecule has 8 heteroatoms. The number of hydrogen-bond donors (Lipinski definition) is 0. The fraction of sp³-hybridized carbons (Fsp3) is 0.333. The number of hydrogen-bond acceptors (Lipinski definition) is 5. The Hall–Kier alpha value is -1.86. The van der Waals surface area contributed by atoms with Crippen LogP contribution < -0.4 is 9.64 Å². The van der Waals surface area contributed by atoms with Crippen LogP contribution in [0.5, 0.6) is 5.75 Å². The van der Waals surface area contributed by atoms with Crippen molar-refractivity contribution >= 4 is 56.6 Å². The average Bonchev–Trinajstić information content (AvgIpc) is 3.13. The lowest BCUT2D eigenvalue weighted by Gasteiger charge is -2.24. The van der Waals surface area contributed by atoms with E-state index >= 15 is 0 Å². The molecule has 2 aromatic carbocycles. The summed E-state index contributed by atoms with van der Waals surface area (Å²) in [6.07, 6.45) is 0. The standard InChI is InChI=1S/C21H24ClN3O2S.ClH/c1-4-24(5-2)11-12-25(20(26)15-7-6-8-16(22)13-15)21-23-18-14-17(27-3)9-10-19(18)28-21;/h6-10,13-14H,4-5,11-12H2,1-3H3;1H. The summed E-state index contributed by atoms with van der Waals surface area (Å²) in [5, 5.41) is 1.23. The normalized spacial score (nSPS) is 10.8. The summed E-state index contributed by atoms with van der Waals surface area (Å²) in [5.74, 6) is 0.654. The summed E-state index contributed by atoms with van der Waals surface area (Å²) >= 11 is 7.61. The maximum absolute atomic E-state index is 13.3. The van der Waals surface area contributed by atoms with E-state index in [4.69, 9.17) is 21.3 Å². The lowest BCUT2D eigenvalue weighted by atomic mass is 10.2. The smallest absolute Gasteiger partial charge is 0.260 e. The van der Waals surface area contributed by atoms with Gasteiger partial charge < -0.3 is 9.64 Å². The van der Waals surface area contributed by atoms with Crippen molar-refractivity contribution in [3.63, 3.8) is 0 Å². The van der Waals surface area contributed by atoms with E-state index in [1.165, 1.54) is 11.3 Å². The van der Waals surface area contributed by atoms with Gasteiger partial charge in [0.2, 0.25) is 0 Å². The zero-order chi connectivity index (χ0) is 20.1. The predicted octanol–water partition coefficient (Wildman–Crippen LogP) is 5.37. The van der Waals surface area contributed by atoms with Crippen LogP contribution in [0.2, 0.25) is 5.02 Å². The SMILES string of the molecule is CCN(CC)CCN(C(=O)c1cccc(Cl)c1)c1nc2cc(OC)ccc2s1.Cl. The first kappa shape index (κ1) is 23.4. The number of halogens is 2. The van der Waals surface area contributed by atoms with Gasteiger partial charge in [-0.15, -0.1) is 12.4 Å². The van der Waals surface area contributed by atoms with E-state index in [9.17, 15) is 4.79 Å². The molecule has 0 aliphatic carbocycles. The van der Waals surface area contributed by atoms with E-state index in [0.29, 0.717) is 22.3 Å². The van der Waals surface area contributed by atoms with Crippen molar-refractivity contribution in [3.05, 3.63) is 53.1 Å². The largest absolute Gasteiger partial charge is 0.497 e. The van der Waals surface area contributed by atoms with E-state index in [2.05, 4.69) is 18.7 Å². The van der Waals surface area contributed by atoms with Crippen LogP contribution in [-0.2, 0) is 0 Å². The van der Waals surface area contributed by atoms with Crippen molar-refractivity contribution in [1.82, 2.24) is 9.88 Å². The second-order valence-electron chi connectivity index (χ2n) is 6.32. The van der Waals surface area contributed by atoms with Crippen molar-refractivity contribution in [2.75, 3.05) is 38.2 Å². The second-order valence-corrected chi connectivity index (χ2v) is 7.77. The van der Waals surface area contributed by atoms with E-state index < -0.39 is 0 Å². The Kier molecular flexibility index (Phi) is 8.71. The third-order valence-electron chi connectivity index (χ3n) is 4.67. The summed E-state index contributed by atoms with van der Waals surface area (Å²) < 4.78 is 6.31. The van der Waals surface area contributed by atoms with Crippen molar-refractivity contribution in [3.8, 4) is 5.75 Å². The molecule has 0 aliphatic rings. The topological polar surface area (TPSA) is 45.7 Å². The zero-order valence-corrected chi connectivity index (χ0v) is 19.1. The number of rotatable bonds is 8. The molecule has 0 unspecified atom stereocenters. The molecule has 0 saturated heterocycles. The number of ether oxygens (including phenoxy) is 1. The minimum Gasteiger partial charge on any atom is -0.497 e. The molecule has 0 N–H and O–H groups in total. The van der Waals surface area contributed by atoms with Gasteiger partial charge in [0, 0.05) is 29.7 Å². The van der Waals surface area contributed by atoms with E-state index in [1.807, 2.05) is 18.2 Å². The van der Waals surface area contributed by atoms with Crippen molar-refractivity contribution < 1.29 is 9.53 Å². The van der Waals surface area contributed by atoms with Gasteiger partial charge in [-0.2, -0.15) is 0 Å². The average molecular weight is 454 g/mol. The summed E-state index contributed by atoms with van der Waals surface area (Å²) in [7, 11) is 1.63. The van der Waals surface area contributed by atoms with Crippen LogP contribution in [0.4, 0.5) is 5.13 Å². The predicted molar refractivity (Wildman–Crippen MR) is 124 cm³/mol. The highest BCUT2D eigenvalue weighted by atomic mass is 35.5. The van der Waals surface area contributed by atoms with Crippen LogP contribution in [0.15, 0.2) is 42.5 Å². The third kappa shape index (κ3) is 5.60. The highest BCUT2D eigenvalue weighted by Crippen LogP contribution is 2.32. The highest BCUT2D eigenvalue weighted by Gasteiger charge is 2.22. The number of carbonyl (C=O) groups is 1. The van der Waals surface area contributed by atoms with Gasteiger partial charge in [-0.05, 0) is 43.4 Å². The molecule has 5 nitrogen and oxygen atoms in total.